The van der Waals surface area contributed by atoms with Crippen molar-refractivity contribution < 1.29 is 19.2 Å². The van der Waals surface area contributed by atoms with Gasteiger partial charge in [-0.15, -0.1) is 0 Å². The predicted molar refractivity (Wildman–Crippen MR) is 92.0 cm³/mol. The van der Waals surface area contributed by atoms with Gasteiger partial charge in [-0.25, -0.2) is 5.43 Å². The van der Waals surface area contributed by atoms with Crippen molar-refractivity contribution in [2.24, 2.45) is 5.10 Å². The van der Waals surface area contributed by atoms with E-state index in [1.807, 2.05) is 0 Å². The van der Waals surface area contributed by atoms with E-state index in [1.165, 1.54) is 25.5 Å². The molecule has 9 nitrogen and oxygen atoms in total. The minimum Gasteiger partial charge on any atom is -0.497 e. The van der Waals surface area contributed by atoms with Crippen LogP contribution in [0.25, 0.3) is 0 Å². The monoisotopic (exact) mass is 362 g/mol. The number of methoxy groups -OCH3 is 1. The fraction of sp³-hybridized carbons (Fsp3) is 0.133. The van der Waals surface area contributed by atoms with Crippen LogP contribution in [0.4, 0.5) is 5.00 Å². The van der Waals surface area contributed by atoms with Gasteiger partial charge >= 0.3 is 5.00 Å². The standard InChI is InChI=1S/C15H14N4O5S/c1-24-11-4-2-10(3-5-11)15(21)16-9-13(20)18-17-8-12-6-7-14(25-12)19(22)23/h2-8H,9H2,1H3,(H,16,21)(H,18,20)/b17-8-. The quantitative estimate of drug-likeness (QED) is 0.439. The van der Waals surface area contributed by atoms with Gasteiger partial charge in [0.1, 0.15) is 5.75 Å². The van der Waals surface area contributed by atoms with Crippen LogP contribution in [-0.4, -0.2) is 36.6 Å². The van der Waals surface area contributed by atoms with Crippen molar-refractivity contribution in [3.63, 3.8) is 0 Å². The lowest BCUT2D eigenvalue weighted by Crippen LogP contribution is -2.34. The number of hydrogen-bond donors (Lipinski definition) is 2. The summed E-state index contributed by atoms with van der Waals surface area (Å²) in [4.78, 5) is 34.1. The summed E-state index contributed by atoms with van der Waals surface area (Å²) in [7, 11) is 1.52. The third-order valence-electron chi connectivity index (χ3n) is 2.94. The minimum atomic E-state index is -0.524. The second kappa shape index (κ2) is 8.55. The Morgan fingerprint density at radius 2 is 2.00 bits per heavy atom. The van der Waals surface area contributed by atoms with Crippen LogP contribution in [0.15, 0.2) is 41.5 Å². The van der Waals surface area contributed by atoms with Gasteiger partial charge in [0.25, 0.3) is 11.8 Å². The number of hydrazone groups is 1. The Hall–Kier alpha value is -3.27. The van der Waals surface area contributed by atoms with Gasteiger partial charge in [-0.1, -0.05) is 11.3 Å². The number of nitrogens with one attached hydrogen (secondary N) is 2. The number of thiophene rings is 1. The van der Waals surface area contributed by atoms with Gasteiger partial charge in [0.15, 0.2) is 0 Å². The Bertz CT molecular complexity index is 801. The van der Waals surface area contributed by atoms with Crippen molar-refractivity contribution in [1.82, 2.24) is 10.7 Å². The molecule has 1 aromatic heterocycles. The zero-order valence-corrected chi connectivity index (χ0v) is 13.9. The Balaban J connectivity index is 1.78. The molecule has 25 heavy (non-hydrogen) atoms. The molecule has 0 saturated carbocycles. The Kier molecular flexibility index (Phi) is 6.18. The number of ether oxygens (including phenoxy) is 1. The van der Waals surface area contributed by atoms with E-state index in [1.54, 1.807) is 24.3 Å². The van der Waals surface area contributed by atoms with E-state index in [0.29, 0.717) is 16.2 Å². The number of nitro groups is 1. The summed E-state index contributed by atoms with van der Waals surface area (Å²) in [6.45, 7) is -0.257. The highest BCUT2D eigenvalue weighted by Crippen LogP contribution is 2.22. The zero-order valence-electron chi connectivity index (χ0n) is 13.1. The van der Waals surface area contributed by atoms with E-state index < -0.39 is 16.7 Å². The van der Waals surface area contributed by atoms with E-state index in [2.05, 4.69) is 15.8 Å². The third-order valence-corrected chi connectivity index (χ3v) is 3.91. The second-order valence-electron chi connectivity index (χ2n) is 4.64. The smallest absolute Gasteiger partial charge is 0.324 e. The van der Waals surface area contributed by atoms with Crippen LogP contribution in [0.2, 0.25) is 0 Å². The van der Waals surface area contributed by atoms with Crippen LogP contribution in [-0.2, 0) is 4.79 Å². The van der Waals surface area contributed by atoms with Crippen molar-refractivity contribution in [2.45, 2.75) is 0 Å². The Morgan fingerprint density at radius 1 is 1.28 bits per heavy atom. The van der Waals surface area contributed by atoms with Crippen LogP contribution < -0.4 is 15.5 Å². The summed E-state index contributed by atoms with van der Waals surface area (Å²) in [6.07, 6.45) is 1.29. The number of carbonyl (C=O) groups excluding carboxylic acids is 2. The molecule has 0 aliphatic heterocycles. The van der Waals surface area contributed by atoms with Gasteiger partial charge in [-0.3, -0.25) is 19.7 Å². The molecule has 0 aliphatic rings. The van der Waals surface area contributed by atoms with Gasteiger partial charge < -0.3 is 10.1 Å². The molecule has 2 amide bonds. The predicted octanol–water partition coefficient (Wildman–Crippen LogP) is 1.54. The summed E-state index contributed by atoms with van der Waals surface area (Å²) < 4.78 is 4.99. The van der Waals surface area contributed by atoms with Gasteiger partial charge in [0.2, 0.25) is 0 Å². The lowest BCUT2D eigenvalue weighted by Gasteiger charge is -2.05. The molecule has 2 aromatic rings. The molecule has 1 heterocycles. The molecule has 0 spiro atoms. The first-order valence-corrected chi connectivity index (χ1v) is 7.79. The Labute approximate surface area is 146 Å². The highest BCUT2D eigenvalue weighted by atomic mass is 32.1. The summed E-state index contributed by atoms with van der Waals surface area (Å²) in [5.41, 5.74) is 2.62. The summed E-state index contributed by atoms with van der Waals surface area (Å²) in [5, 5.41) is 16.7. The first-order valence-electron chi connectivity index (χ1n) is 6.98. The molecule has 0 atom stereocenters. The van der Waals surface area contributed by atoms with Crippen molar-refractivity contribution in [3.8, 4) is 5.75 Å². The number of nitrogens with zero attached hydrogens (tertiary/aromatic N) is 2. The molecule has 2 N–H and O–H groups in total. The van der Waals surface area contributed by atoms with Gasteiger partial charge in [-0.2, -0.15) is 5.10 Å². The number of rotatable bonds is 7. The fourth-order valence-electron chi connectivity index (χ4n) is 1.72. The maximum Gasteiger partial charge on any atom is 0.324 e. The summed E-state index contributed by atoms with van der Waals surface area (Å²) >= 11 is 0.931. The number of benzene rings is 1. The van der Waals surface area contributed by atoms with E-state index in [0.717, 1.165) is 11.3 Å². The van der Waals surface area contributed by atoms with E-state index >= 15 is 0 Å². The van der Waals surface area contributed by atoms with Gasteiger partial charge in [0.05, 0.1) is 29.7 Å². The average molecular weight is 362 g/mol. The molecule has 0 bridgehead atoms. The molecule has 0 saturated heterocycles. The Morgan fingerprint density at radius 3 is 2.60 bits per heavy atom. The van der Waals surface area contributed by atoms with Crippen LogP contribution in [0.3, 0.4) is 0 Å². The van der Waals surface area contributed by atoms with Gasteiger partial charge in [-0.05, 0) is 30.3 Å². The molecular formula is C15H14N4O5S. The first-order chi connectivity index (χ1) is 12.0. The van der Waals surface area contributed by atoms with Crippen molar-refractivity contribution in [2.75, 3.05) is 13.7 Å². The van der Waals surface area contributed by atoms with Crippen LogP contribution in [0.1, 0.15) is 15.2 Å². The lowest BCUT2D eigenvalue weighted by molar-refractivity contribution is -0.380. The van der Waals surface area contributed by atoms with Crippen LogP contribution in [0.5, 0.6) is 5.75 Å². The largest absolute Gasteiger partial charge is 0.497 e. The van der Waals surface area contributed by atoms with E-state index in [9.17, 15) is 19.7 Å². The summed E-state index contributed by atoms with van der Waals surface area (Å²) in [6, 6.07) is 9.30. The lowest BCUT2D eigenvalue weighted by atomic mass is 10.2. The first kappa shape index (κ1) is 18.1. The van der Waals surface area contributed by atoms with Gasteiger partial charge in [0, 0.05) is 11.6 Å². The second-order valence-corrected chi connectivity index (χ2v) is 5.73. The van der Waals surface area contributed by atoms with Crippen LogP contribution in [0, 0.1) is 10.1 Å². The maximum absolute atomic E-state index is 11.9. The molecular weight excluding hydrogens is 348 g/mol. The summed E-state index contributed by atoms with van der Waals surface area (Å²) in [5.74, 6) is -0.308. The number of hydrogen-bond acceptors (Lipinski definition) is 7. The molecule has 1 aromatic carbocycles. The minimum absolute atomic E-state index is 0.0143. The highest BCUT2D eigenvalue weighted by molar-refractivity contribution is 7.16. The van der Waals surface area contributed by atoms with Crippen molar-refractivity contribution in [1.29, 1.82) is 0 Å². The molecule has 2 rings (SSSR count). The van der Waals surface area contributed by atoms with Crippen LogP contribution >= 0.6 is 11.3 Å². The molecule has 0 radical (unpaired) electrons. The highest BCUT2D eigenvalue weighted by Gasteiger charge is 2.09. The maximum atomic E-state index is 11.9. The molecule has 0 unspecified atom stereocenters. The number of carbonyl (C=O) groups is 2. The molecule has 130 valence electrons. The van der Waals surface area contributed by atoms with Crippen molar-refractivity contribution in [3.05, 3.63) is 57.0 Å². The number of amides is 2. The van der Waals surface area contributed by atoms with E-state index in [-0.39, 0.29) is 11.5 Å². The zero-order chi connectivity index (χ0) is 18.2. The molecule has 0 aliphatic carbocycles. The molecule has 10 heteroatoms. The fourth-order valence-corrected chi connectivity index (χ4v) is 2.42. The average Bonchev–Trinajstić information content (AvgIpc) is 3.09. The van der Waals surface area contributed by atoms with E-state index in [4.69, 9.17) is 4.74 Å². The topological polar surface area (TPSA) is 123 Å². The third kappa shape index (κ3) is 5.39. The SMILES string of the molecule is COc1ccc(C(=O)NCC(=O)N/N=C\c2ccc([N+](=O)[O-])s2)cc1. The normalized spacial score (nSPS) is 10.4. The van der Waals surface area contributed by atoms with Crippen molar-refractivity contribution >= 4 is 34.4 Å². The molecule has 0 fully saturated rings.